The first-order valence-corrected chi connectivity index (χ1v) is 6.70. The second-order valence-corrected chi connectivity index (χ2v) is 5.32. The Morgan fingerprint density at radius 2 is 2.15 bits per heavy atom. The van der Waals surface area contributed by atoms with Crippen molar-refractivity contribution in [2.45, 2.75) is 32.7 Å². The van der Waals surface area contributed by atoms with Crippen LogP contribution in [0.2, 0.25) is 0 Å². The number of amides is 1. The summed E-state index contributed by atoms with van der Waals surface area (Å²) in [5, 5.41) is 20.5. The van der Waals surface area contributed by atoms with Gasteiger partial charge in [-0.25, -0.2) is 0 Å². The third kappa shape index (κ3) is 2.59. The van der Waals surface area contributed by atoms with Gasteiger partial charge in [-0.05, 0) is 37.8 Å². The molecule has 108 valence electrons. The van der Waals surface area contributed by atoms with Gasteiger partial charge >= 0.3 is 0 Å². The highest BCUT2D eigenvalue weighted by Gasteiger charge is 2.32. The molecule has 0 spiro atoms. The molecular weight excluding hydrogens is 260 g/mol. The average molecular weight is 278 g/mol. The number of likely N-dealkylation sites (tertiary alicyclic amines) is 1. The quantitative estimate of drug-likeness (QED) is 0.665. The first-order valence-electron chi connectivity index (χ1n) is 6.70. The lowest BCUT2D eigenvalue weighted by Crippen LogP contribution is -2.46. The van der Waals surface area contributed by atoms with Crippen LogP contribution in [0.5, 0.6) is 5.75 Å². The van der Waals surface area contributed by atoms with Gasteiger partial charge in [0.1, 0.15) is 11.3 Å². The van der Waals surface area contributed by atoms with Crippen molar-refractivity contribution in [3.63, 3.8) is 0 Å². The maximum absolute atomic E-state index is 12.5. The van der Waals surface area contributed by atoms with Gasteiger partial charge in [0, 0.05) is 18.7 Å². The lowest BCUT2D eigenvalue weighted by Gasteiger charge is -2.37. The monoisotopic (exact) mass is 278 g/mol. The zero-order valence-corrected chi connectivity index (χ0v) is 11.6. The molecule has 1 aliphatic rings. The van der Waals surface area contributed by atoms with Crippen LogP contribution in [0.3, 0.4) is 0 Å². The number of carbonyl (C=O) groups is 1. The van der Waals surface area contributed by atoms with E-state index in [4.69, 9.17) is 0 Å². The molecule has 0 radical (unpaired) electrons. The van der Waals surface area contributed by atoms with Crippen molar-refractivity contribution < 1.29 is 14.8 Å². The number of aromatic hydroxyl groups is 1. The van der Waals surface area contributed by atoms with E-state index in [0.29, 0.717) is 12.5 Å². The molecule has 1 N–H and O–H groups in total. The fraction of sp³-hybridized carbons (Fsp3) is 0.500. The predicted octanol–water partition coefficient (Wildman–Crippen LogP) is 2.56. The van der Waals surface area contributed by atoms with Crippen molar-refractivity contribution in [1.82, 2.24) is 4.90 Å². The average Bonchev–Trinajstić information content (AvgIpc) is 2.40. The molecular formula is C14H18N2O4. The number of piperidine rings is 1. The van der Waals surface area contributed by atoms with Crippen LogP contribution in [0.1, 0.15) is 37.0 Å². The molecule has 1 aromatic carbocycles. The van der Waals surface area contributed by atoms with Crippen molar-refractivity contribution in [3.8, 4) is 5.75 Å². The van der Waals surface area contributed by atoms with Gasteiger partial charge in [-0.15, -0.1) is 0 Å². The summed E-state index contributed by atoms with van der Waals surface area (Å²) in [6, 6.07) is 3.60. The van der Waals surface area contributed by atoms with Gasteiger partial charge in [0.05, 0.1) is 4.92 Å². The number of nitro groups is 1. The fourth-order valence-electron chi connectivity index (χ4n) is 2.63. The normalized spacial score (nSPS) is 22.6. The molecule has 2 unspecified atom stereocenters. The molecule has 1 heterocycles. The Hall–Kier alpha value is -2.11. The summed E-state index contributed by atoms with van der Waals surface area (Å²) in [7, 11) is 0. The standard InChI is InChI=1S/C14H18N2O4/c1-9-4-3-7-15(10(9)2)14(18)12-8-11(17)5-6-13(12)16(19)20/h5-6,8-10,17H,3-4,7H2,1-2H3. The highest BCUT2D eigenvalue weighted by molar-refractivity contribution is 5.98. The number of nitrogens with zero attached hydrogens (tertiary/aromatic N) is 2. The fourth-order valence-corrected chi connectivity index (χ4v) is 2.63. The molecule has 1 aliphatic heterocycles. The topological polar surface area (TPSA) is 83.7 Å². The Morgan fingerprint density at radius 3 is 2.80 bits per heavy atom. The summed E-state index contributed by atoms with van der Waals surface area (Å²) in [6.45, 7) is 4.62. The Bertz CT molecular complexity index is 544. The first kappa shape index (κ1) is 14.3. The second kappa shape index (κ2) is 5.48. The highest BCUT2D eigenvalue weighted by Crippen LogP contribution is 2.29. The molecule has 6 heteroatoms. The van der Waals surface area contributed by atoms with E-state index in [2.05, 4.69) is 6.92 Å². The van der Waals surface area contributed by atoms with E-state index in [-0.39, 0.29) is 28.9 Å². The maximum Gasteiger partial charge on any atom is 0.282 e. The Morgan fingerprint density at radius 1 is 1.45 bits per heavy atom. The number of nitro benzene ring substituents is 1. The van der Waals surface area contributed by atoms with E-state index in [9.17, 15) is 20.0 Å². The van der Waals surface area contributed by atoms with Crippen molar-refractivity contribution >= 4 is 11.6 Å². The molecule has 0 saturated carbocycles. The van der Waals surface area contributed by atoms with Gasteiger partial charge in [0.25, 0.3) is 11.6 Å². The third-order valence-electron chi connectivity index (χ3n) is 4.04. The van der Waals surface area contributed by atoms with Crippen LogP contribution in [0.15, 0.2) is 18.2 Å². The minimum atomic E-state index is -0.593. The molecule has 0 aliphatic carbocycles. The molecule has 0 aromatic heterocycles. The molecule has 2 rings (SSSR count). The zero-order chi connectivity index (χ0) is 14.9. The molecule has 6 nitrogen and oxygen atoms in total. The predicted molar refractivity (Wildman–Crippen MR) is 73.7 cm³/mol. The lowest BCUT2D eigenvalue weighted by molar-refractivity contribution is -0.385. The van der Waals surface area contributed by atoms with Gasteiger partial charge in [-0.2, -0.15) is 0 Å². The first-order chi connectivity index (χ1) is 9.41. The number of phenolic OH excluding ortho intramolecular Hbond substituents is 1. The largest absolute Gasteiger partial charge is 0.508 e. The number of hydrogen-bond donors (Lipinski definition) is 1. The summed E-state index contributed by atoms with van der Waals surface area (Å²) in [5.41, 5.74) is -0.311. The number of rotatable bonds is 2. The smallest absolute Gasteiger partial charge is 0.282 e. The van der Waals surface area contributed by atoms with Crippen LogP contribution in [0.4, 0.5) is 5.69 Å². The van der Waals surface area contributed by atoms with E-state index < -0.39 is 4.92 Å². The van der Waals surface area contributed by atoms with Crippen LogP contribution in [0, 0.1) is 16.0 Å². The van der Waals surface area contributed by atoms with Crippen LogP contribution in [-0.4, -0.2) is 33.4 Å². The molecule has 1 saturated heterocycles. The van der Waals surface area contributed by atoms with Gasteiger partial charge in [0.15, 0.2) is 0 Å². The molecule has 1 amide bonds. The van der Waals surface area contributed by atoms with Crippen molar-refractivity contribution in [2.24, 2.45) is 5.92 Å². The number of benzene rings is 1. The number of hydrogen-bond acceptors (Lipinski definition) is 4. The molecule has 1 aromatic rings. The van der Waals surface area contributed by atoms with Crippen LogP contribution >= 0.6 is 0 Å². The lowest BCUT2D eigenvalue weighted by atomic mass is 9.91. The summed E-state index contributed by atoms with van der Waals surface area (Å²) in [6.07, 6.45) is 1.94. The van der Waals surface area contributed by atoms with E-state index in [1.165, 1.54) is 18.2 Å². The highest BCUT2D eigenvalue weighted by atomic mass is 16.6. The van der Waals surface area contributed by atoms with E-state index >= 15 is 0 Å². The summed E-state index contributed by atoms with van der Waals surface area (Å²) < 4.78 is 0. The van der Waals surface area contributed by atoms with Gasteiger partial charge in [-0.1, -0.05) is 6.92 Å². The van der Waals surface area contributed by atoms with Gasteiger partial charge in [0.2, 0.25) is 0 Å². The van der Waals surface area contributed by atoms with E-state index in [1.54, 1.807) is 4.90 Å². The number of phenols is 1. The van der Waals surface area contributed by atoms with Crippen LogP contribution in [-0.2, 0) is 0 Å². The Kier molecular flexibility index (Phi) is 3.92. The van der Waals surface area contributed by atoms with Gasteiger partial charge in [-0.3, -0.25) is 14.9 Å². The second-order valence-electron chi connectivity index (χ2n) is 5.32. The summed E-state index contributed by atoms with van der Waals surface area (Å²) in [5.74, 6) is -0.160. The summed E-state index contributed by atoms with van der Waals surface area (Å²) in [4.78, 5) is 24.6. The molecule has 0 bridgehead atoms. The molecule has 2 atom stereocenters. The van der Waals surface area contributed by atoms with E-state index in [0.717, 1.165) is 12.8 Å². The Labute approximate surface area is 117 Å². The van der Waals surface area contributed by atoms with Crippen molar-refractivity contribution in [1.29, 1.82) is 0 Å². The van der Waals surface area contributed by atoms with Crippen LogP contribution < -0.4 is 0 Å². The van der Waals surface area contributed by atoms with Crippen LogP contribution in [0.25, 0.3) is 0 Å². The molecule has 20 heavy (non-hydrogen) atoms. The molecule has 1 fully saturated rings. The summed E-state index contributed by atoms with van der Waals surface area (Å²) >= 11 is 0. The minimum Gasteiger partial charge on any atom is -0.508 e. The third-order valence-corrected chi connectivity index (χ3v) is 4.04. The van der Waals surface area contributed by atoms with Gasteiger partial charge < -0.3 is 10.0 Å². The maximum atomic E-state index is 12.5. The SMILES string of the molecule is CC1CCCN(C(=O)c2cc(O)ccc2[N+](=O)[O-])C1C. The minimum absolute atomic E-state index is 0.0400. The van der Waals surface area contributed by atoms with E-state index in [1.807, 2.05) is 6.92 Å². The zero-order valence-electron chi connectivity index (χ0n) is 11.6. The Balaban J connectivity index is 2.37. The van der Waals surface area contributed by atoms with Crippen molar-refractivity contribution in [3.05, 3.63) is 33.9 Å². The number of carbonyl (C=O) groups excluding carboxylic acids is 1. The van der Waals surface area contributed by atoms with Crippen molar-refractivity contribution in [2.75, 3.05) is 6.54 Å².